The zero-order chi connectivity index (χ0) is 14.7. The molecule has 0 bridgehead atoms. The lowest BCUT2D eigenvalue weighted by molar-refractivity contribution is 0.624. The molecule has 0 aliphatic heterocycles. The van der Waals surface area contributed by atoms with E-state index in [0.29, 0.717) is 11.3 Å². The van der Waals surface area contributed by atoms with Crippen molar-refractivity contribution >= 4 is 17.3 Å². The van der Waals surface area contributed by atoms with E-state index in [1.807, 2.05) is 44.2 Å². The van der Waals surface area contributed by atoms with Gasteiger partial charge in [0.05, 0.1) is 0 Å². The van der Waals surface area contributed by atoms with E-state index in [9.17, 15) is 4.39 Å². The zero-order valence-corrected chi connectivity index (χ0v) is 11.8. The van der Waals surface area contributed by atoms with Crippen LogP contribution in [-0.4, -0.2) is 0 Å². The molecule has 2 rings (SSSR count). The van der Waals surface area contributed by atoms with Crippen LogP contribution in [0.2, 0.25) is 0 Å². The molecule has 0 aromatic heterocycles. The molecular formula is C18H18FN. The van der Waals surface area contributed by atoms with Crippen LogP contribution >= 0.6 is 0 Å². The summed E-state index contributed by atoms with van der Waals surface area (Å²) in [4.78, 5) is 0. The number of allylic oxidation sites excluding steroid dienone is 2. The Morgan fingerprint density at radius 3 is 2.50 bits per heavy atom. The highest BCUT2D eigenvalue weighted by atomic mass is 19.1. The standard InChI is InChI=1S/C18H18FN/c1-12(2)16(15-6-4-5-7-17(15)19)11-14-9-8-13(3)10-18(14)20/h4-11H,1,20H2,2-3H3. The number of rotatable bonds is 3. The largest absolute Gasteiger partial charge is 0.398 e. The minimum atomic E-state index is -0.257. The Labute approximate surface area is 119 Å². The molecule has 102 valence electrons. The van der Waals surface area contributed by atoms with Gasteiger partial charge in [0.1, 0.15) is 5.82 Å². The summed E-state index contributed by atoms with van der Waals surface area (Å²) in [5.41, 5.74) is 10.8. The molecule has 2 aromatic carbocycles. The first kappa shape index (κ1) is 14.1. The van der Waals surface area contributed by atoms with Crippen molar-refractivity contribution in [1.82, 2.24) is 0 Å². The molecule has 2 N–H and O–H groups in total. The van der Waals surface area contributed by atoms with E-state index in [4.69, 9.17) is 5.73 Å². The van der Waals surface area contributed by atoms with Crippen LogP contribution in [0.25, 0.3) is 11.6 Å². The molecule has 0 atom stereocenters. The molecule has 0 spiro atoms. The van der Waals surface area contributed by atoms with Gasteiger partial charge < -0.3 is 5.73 Å². The summed E-state index contributed by atoms with van der Waals surface area (Å²) < 4.78 is 14.0. The SMILES string of the molecule is C=C(C)C(=Cc1ccc(C)cc1N)c1ccccc1F. The second kappa shape index (κ2) is 5.74. The van der Waals surface area contributed by atoms with Gasteiger partial charge in [-0.1, -0.05) is 42.5 Å². The maximum absolute atomic E-state index is 14.0. The first-order valence-corrected chi connectivity index (χ1v) is 6.47. The predicted molar refractivity (Wildman–Crippen MR) is 84.7 cm³/mol. The highest BCUT2D eigenvalue weighted by Gasteiger charge is 2.09. The Hall–Kier alpha value is -2.35. The fourth-order valence-electron chi connectivity index (χ4n) is 2.09. The number of hydrogen-bond acceptors (Lipinski definition) is 1. The summed E-state index contributed by atoms with van der Waals surface area (Å²) in [6.07, 6.45) is 1.88. The van der Waals surface area contributed by atoms with Crippen LogP contribution in [0.3, 0.4) is 0 Å². The molecule has 0 fully saturated rings. The van der Waals surface area contributed by atoms with Crippen molar-refractivity contribution in [3.8, 4) is 0 Å². The number of aryl methyl sites for hydroxylation is 1. The molecule has 0 radical (unpaired) electrons. The van der Waals surface area contributed by atoms with Crippen LogP contribution in [0.1, 0.15) is 23.6 Å². The maximum Gasteiger partial charge on any atom is 0.131 e. The maximum atomic E-state index is 14.0. The second-order valence-corrected chi connectivity index (χ2v) is 4.95. The van der Waals surface area contributed by atoms with Gasteiger partial charge in [-0.2, -0.15) is 0 Å². The summed E-state index contributed by atoms with van der Waals surface area (Å²) in [6, 6.07) is 12.5. The van der Waals surface area contributed by atoms with Crippen LogP contribution in [0, 0.1) is 12.7 Å². The lowest BCUT2D eigenvalue weighted by Gasteiger charge is -2.10. The number of hydrogen-bond donors (Lipinski definition) is 1. The van der Waals surface area contributed by atoms with Gasteiger partial charge in [0, 0.05) is 11.3 Å². The molecular weight excluding hydrogens is 249 g/mol. The van der Waals surface area contributed by atoms with Gasteiger partial charge in [-0.3, -0.25) is 0 Å². The van der Waals surface area contributed by atoms with Gasteiger partial charge in [0.2, 0.25) is 0 Å². The van der Waals surface area contributed by atoms with Crippen molar-refractivity contribution in [2.45, 2.75) is 13.8 Å². The highest BCUT2D eigenvalue weighted by Crippen LogP contribution is 2.28. The van der Waals surface area contributed by atoms with Crippen molar-refractivity contribution in [1.29, 1.82) is 0 Å². The number of nitrogens with two attached hydrogens (primary N) is 1. The van der Waals surface area contributed by atoms with E-state index < -0.39 is 0 Å². The van der Waals surface area contributed by atoms with Crippen LogP contribution in [-0.2, 0) is 0 Å². The molecule has 1 nitrogen and oxygen atoms in total. The van der Waals surface area contributed by atoms with Crippen molar-refractivity contribution in [3.63, 3.8) is 0 Å². The van der Waals surface area contributed by atoms with E-state index >= 15 is 0 Å². The Morgan fingerprint density at radius 1 is 1.20 bits per heavy atom. The molecule has 2 heteroatoms. The minimum Gasteiger partial charge on any atom is -0.398 e. The number of nitrogen functional groups attached to an aromatic ring is 1. The van der Waals surface area contributed by atoms with Gasteiger partial charge in [-0.05, 0) is 48.8 Å². The molecule has 2 aromatic rings. The lowest BCUT2D eigenvalue weighted by Crippen LogP contribution is -1.94. The van der Waals surface area contributed by atoms with E-state index in [0.717, 1.165) is 22.3 Å². The second-order valence-electron chi connectivity index (χ2n) is 4.95. The van der Waals surface area contributed by atoms with Crippen molar-refractivity contribution in [3.05, 3.63) is 77.1 Å². The third-order valence-electron chi connectivity index (χ3n) is 3.17. The van der Waals surface area contributed by atoms with E-state index in [2.05, 4.69) is 6.58 Å². The fourth-order valence-corrected chi connectivity index (χ4v) is 2.09. The Morgan fingerprint density at radius 2 is 1.90 bits per heavy atom. The van der Waals surface area contributed by atoms with Gasteiger partial charge in [-0.15, -0.1) is 0 Å². The number of benzene rings is 2. The van der Waals surface area contributed by atoms with Crippen LogP contribution < -0.4 is 5.73 Å². The Balaban J connectivity index is 2.57. The molecule has 0 saturated heterocycles. The van der Waals surface area contributed by atoms with E-state index in [1.165, 1.54) is 6.07 Å². The quantitative estimate of drug-likeness (QED) is 0.481. The molecule has 0 aliphatic rings. The molecule has 0 unspecified atom stereocenters. The topological polar surface area (TPSA) is 26.0 Å². The lowest BCUT2D eigenvalue weighted by atomic mass is 9.96. The monoisotopic (exact) mass is 267 g/mol. The summed E-state index contributed by atoms with van der Waals surface area (Å²) in [6.45, 7) is 7.79. The highest BCUT2D eigenvalue weighted by molar-refractivity contribution is 5.92. The van der Waals surface area contributed by atoms with Gasteiger partial charge >= 0.3 is 0 Å². The normalized spacial score (nSPS) is 11.4. The van der Waals surface area contributed by atoms with Crippen molar-refractivity contribution < 1.29 is 4.39 Å². The summed E-state index contributed by atoms with van der Waals surface area (Å²) in [5, 5.41) is 0. The minimum absolute atomic E-state index is 0.257. The smallest absolute Gasteiger partial charge is 0.131 e. The Kier molecular flexibility index (Phi) is 4.04. The van der Waals surface area contributed by atoms with Crippen LogP contribution in [0.15, 0.2) is 54.6 Å². The number of halogens is 1. The first-order valence-electron chi connectivity index (χ1n) is 6.47. The summed E-state index contributed by atoms with van der Waals surface area (Å²) in [7, 11) is 0. The van der Waals surface area contributed by atoms with Gasteiger partial charge in [-0.25, -0.2) is 4.39 Å². The summed E-state index contributed by atoms with van der Waals surface area (Å²) in [5.74, 6) is -0.257. The van der Waals surface area contributed by atoms with Crippen LogP contribution in [0.5, 0.6) is 0 Å². The van der Waals surface area contributed by atoms with E-state index in [1.54, 1.807) is 12.1 Å². The number of anilines is 1. The molecule has 0 heterocycles. The fraction of sp³-hybridized carbons (Fsp3) is 0.111. The van der Waals surface area contributed by atoms with Crippen molar-refractivity contribution in [2.24, 2.45) is 0 Å². The molecule has 20 heavy (non-hydrogen) atoms. The third kappa shape index (κ3) is 2.97. The molecule has 0 saturated carbocycles. The van der Waals surface area contributed by atoms with E-state index in [-0.39, 0.29) is 5.82 Å². The molecule has 0 aliphatic carbocycles. The summed E-state index contributed by atoms with van der Waals surface area (Å²) >= 11 is 0. The average molecular weight is 267 g/mol. The average Bonchev–Trinajstić information content (AvgIpc) is 2.39. The molecule has 0 amide bonds. The van der Waals surface area contributed by atoms with Gasteiger partial charge in [0.25, 0.3) is 0 Å². The first-order chi connectivity index (χ1) is 9.49. The van der Waals surface area contributed by atoms with Gasteiger partial charge in [0.15, 0.2) is 0 Å². The van der Waals surface area contributed by atoms with Crippen LogP contribution in [0.4, 0.5) is 10.1 Å². The predicted octanol–water partition coefficient (Wildman–Crippen LogP) is 4.83. The Bertz CT molecular complexity index is 684. The zero-order valence-electron chi connectivity index (χ0n) is 11.8. The third-order valence-corrected chi connectivity index (χ3v) is 3.17. The van der Waals surface area contributed by atoms with Crippen molar-refractivity contribution in [2.75, 3.05) is 5.73 Å².